The summed E-state index contributed by atoms with van der Waals surface area (Å²) in [5, 5.41) is 3.28. The van der Waals surface area contributed by atoms with Crippen LogP contribution in [-0.2, 0) is 19.6 Å². The molecule has 2 amide bonds. The van der Waals surface area contributed by atoms with Gasteiger partial charge in [-0.25, -0.2) is 12.8 Å². The van der Waals surface area contributed by atoms with Crippen molar-refractivity contribution in [2.24, 2.45) is 5.92 Å². The first-order valence-electron chi connectivity index (χ1n) is 11.4. The third-order valence-corrected chi connectivity index (χ3v) is 8.57. The Balaban J connectivity index is 1.49. The van der Waals surface area contributed by atoms with Gasteiger partial charge in [0.25, 0.3) is 5.91 Å². The first kappa shape index (κ1) is 25.6. The molecule has 1 unspecified atom stereocenters. The predicted octanol–water partition coefficient (Wildman–Crippen LogP) is 2.54. The third-order valence-electron chi connectivity index (χ3n) is 6.40. The van der Waals surface area contributed by atoms with Gasteiger partial charge in [0.05, 0.1) is 18.1 Å². The maximum Gasteiger partial charge on any atom is 0.251 e. The highest BCUT2D eigenvalue weighted by atomic mass is 35.5. The van der Waals surface area contributed by atoms with E-state index in [2.05, 4.69) is 5.32 Å². The molecule has 0 bridgehead atoms. The minimum absolute atomic E-state index is 0.158. The van der Waals surface area contributed by atoms with E-state index in [1.807, 2.05) is 0 Å². The summed E-state index contributed by atoms with van der Waals surface area (Å²) < 4.78 is 46.1. The van der Waals surface area contributed by atoms with Crippen LogP contribution in [0, 0.1) is 11.7 Å². The fraction of sp³-hybridized carbons (Fsp3) is 0.417. The van der Waals surface area contributed by atoms with Crippen LogP contribution in [0.25, 0.3) is 0 Å². The average molecular weight is 524 g/mol. The molecule has 0 radical (unpaired) electrons. The van der Waals surface area contributed by atoms with Crippen molar-refractivity contribution in [3.8, 4) is 0 Å². The molecule has 1 N–H and O–H groups in total. The van der Waals surface area contributed by atoms with Crippen LogP contribution in [0.4, 0.5) is 4.39 Å². The van der Waals surface area contributed by atoms with Crippen molar-refractivity contribution in [3.63, 3.8) is 0 Å². The van der Waals surface area contributed by atoms with Gasteiger partial charge < -0.3 is 15.0 Å². The molecule has 2 saturated heterocycles. The number of halogens is 2. The number of carbonyl (C=O) groups excluding carboxylic acids is 2. The fourth-order valence-corrected chi connectivity index (χ4v) is 5.99. The summed E-state index contributed by atoms with van der Waals surface area (Å²) in [7, 11) is -3.70. The number of hydrogen-bond acceptors (Lipinski definition) is 5. The van der Waals surface area contributed by atoms with E-state index < -0.39 is 27.8 Å². The lowest BCUT2D eigenvalue weighted by Crippen LogP contribution is -2.56. The monoisotopic (exact) mass is 523 g/mol. The van der Waals surface area contributed by atoms with Gasteiger partial charge in [-0.05, 0) is 67.3 Å². The van der Waals surface area contributed by atoms with Crippen LogP contribution in [0.2, 0.25) is 5.02 Å². The molecule has 2 fully saturated rings. The number of ether oxygens (including phenoxy) is 1. The molecule has 0 saturated carbocycles. The smallest absolute Gasteiger partial charge is 0.251 e. The number of piperidine rings is 1. The highest BCUT2D eigenvalue weighted by Gasteiger charge is 2.38. The molecular weight excluding hydrogens is 497 g/mol. The minimum atomic E-state index is -3.70. The number of sulfonamides is 1. The van der Waals surface area contributed by atoms with Crippen LogP contribution in [0.3, 0.4) is 0 Å². The molecule has 188 valence electrons. The van der Waals surface area contributed by atoms with Crippen molar-refractivity contribution in [1.82, 2.24) is 14.5 Å². The topological polar surface area (TPSA) is 96.0 Å². The van der Waals surface area contributed by atoms with Crippen molar-refractivity contribution >= 4 is 33.4 Å². The van der Waals surface area contributed by atoms with Crippen molar-refractivity contribution in [2.45, 2.75) is 23.8 Å². The van der Waals surface area contributed by atoms with Gasteiger partial charge in [-0.1, -0.05) is 11.6 Å². The normalized spacial score (nSPS) is 18.7. The molecule has 11 heteroatoms. The Bertz CT molecular complexity index is 1150. The van der Waals surface area contributed by atoms with Crippen molar-refractivity contribution in [1.29, 1.82) is 0 Å². The van der Waals surface area contributed by atoms with Gasteiger partial charge in [-0.3, -0.25) is 9.59 Å². The molecule has 0 aromatic heterocycles. The Kier molecular flexibility index (Phi) is 8.05. The Morgan fingerprint density at radius 3 is 2.17 bits per heavy atom. The number of amides is 2. The second kappa shape index (κ2) is 11.0. The molecule has 2 aromatic carbocycles. The molecular formula is C24H27ClFN3O5S. The van der Waals surface area contributed by atoms with Crippen LogP contribution >= 0.6 is 11.6 Å². The van der Waals surface area contributed by atoms with Crippen LogP contribution in [-0.4, -0.2) is 74.9 Å². The zero-order chi connectivity index (χ0) is 25.0. The maximum atomic E-state index is 13.4. The number of morpholine rings is 1. The summed E-state index contributed by atoms with van der Waals surface area (Å²) in [6.45, 7) is 2.12. The van der Waals surface area contributed by atoms with E-state index in [4.69, 9.17) is 16.3 Å². The van der Waals surface area contributed by atoms with E-state index in [-0.39, 0.29) is 35.4 Å². The molecule has 0 spiro atoms. The van der Waals surface area contributed by atoms with E-state index in [0.29, 0.717) is 44.2 Å². The first-order chi connectivity index (χ1) is 16.8. The highest BCUT2D eigenvalue weighted by molar-refractivity contribution is 7.89. The van der Waals surface area contributed by atoms with Crippen LogP contribution in [0.5, 0.6) is 0 Å². The van der Waals surface area contributed by atoms with Gasteiger partial charge in [0.2, 0.25) is 15.9 Å². The molecule has 4 rings (SSSR count). The Labute approximate surface area is 209 Å². The molecule has 2 aliphatic heterocycles. The zero-order valence-corrected chi connectivity index (χ0v) is 20.6. The summed E-state index contributed by atoms with van der Waals surface area (Å²) in [5.41, 5.74) is 0.244. The summed E-state index contributed by atoms with van der Waals surface area (Å²) in [4.78, 5) is 28.1. The van der Waals surface area contributed by atoms with E-state index in [1.54, 1.807) is 4.90 Å². The van der Waals surface area contributed by atoms with E-state index in [0.717, 1.165) is 0 Å². The van der Waals surface area contributed by atoms with Gasteiger partial charge >= 0.3 is 0 Å². The summed E-state index contributed by atoms with van der Waals surface area (Å²) >= 11 is 5.88. The summed E-state index contributed by atoms with van der Waals surface area (Å²) in [6.07, 6.45) is 0.800. The lowest BCUT2D eigenvalue weighted by molar-refractivity contribution is -0.139. The van der Waals surface area contributed by atoms with Crippen molar-refractivity contribution in [2.75, 3.05) is 39.4 Å². The molecule has 2 aromatic rings. The van der Waals surface area contributed by atoms with Crippen LogP contribution < -0.4 is 5.32 Å². The minimum Gasteiger partial charge on any atom is -0.378 e. The van der Waals surface area contributed by atoms with Crippen LogP contribution in [0.15, 0.2) is 53.4 Å². The highest BCUT2D eigenvalue weighted by Crippen LogP contribution is 2.27. The average Bonchev–Trinajstić information content (AvgIpc) is 2.88. The predicted molar refractivity (Wildman–Crippen MR) is 128 cm³/mol. The Hall–Kier alpha value is -2.53. The second-order valence-corrected chi connectivity index (χ2v) is 11.0. The van der Waals surface area contributed by atoms with Gasteiger partial charge in [-0.15, -0.1) is 0 Å². The van der Waals surface area contributed by atoms with Gasteiger partial charge in [-0.2, -0.15) is 4.31 Å². The number of hydrogen-bond donors (Lipinski definition) is 1. The number of rotatable bonds is 6. The Morgan fingerprint density at radius 2 is 1.57 bits per heavy atom. The largest absolute Gasteiger partial charge is 0.378 e. The second-order valence-electron chi connectivity index (χ2n) is 8.59. The van der Waals surface area contributed by atoms with Gasteiger partial charge in [0.15, 0.2) is 0 Å². The lowest BCUT2D eigenvalue weighted by Gasteiger charge is -2.38. The molecule has 2 aliphatic rings. The standard InChI is InChI=1S/C24H27ClFN3O5S/c25-19-3-7-21(8-4-19)35(32,33)29-11-9-17(10-12-29)22(24(31)28-13-15-34-16-14-28)27-23(30)18-1-5-20(26)6-2-18/h1-8,17,22H,9-16H2,(H,27,30). The lowest BCUT2D eigenvalue weighted by atomic mass is 9.89. The number of benzene rings is 2. The third kappa shape index (κ3) is 6.00. The van der Waals surface area contributed by atoms with Crippen molar-refractivity contribution < 1.29 is 27.1 Å². The number of carbonyl (C=O) groups is 2. The Morgan fingerprint density at radius 1 is 0.971 bits per heavy atom. The molecule has 0 aliphatic carbocycles. The van der Waals surface area contributed by atoms with Crippen LogP contribution in [0.1, 0.15) is 23.2 Å². The summed E-state index contributed by atoms with van der Waals surface area (Å²) in [5.74, 6) is -1.42. The SMILES string of the molecule is O=C(NC(C(=O)N1CCOCC1)C1CCN(S(=O)(=O)c2ccc(Cl)cc2)CC1)c1ccc(F)cc1. The fourth-order valence-electron chi connectivity index (χ4n) is 4.39. The maximum absolute atomic E-state index is 13.4. The van der Waals surface area contributed by atoms with Gasteiger partial charge in [0, 0.05) is 36.8 Å². The zero-order valence-electron chi connectivity index (χ0n) is 19.0. The molecule has 2 heterocycles. The number of nitrogens with one attached hydrogen (secondary N) is 1. The van der Waals surface area contributed by atoms with E-state index in [1.165, 1.54) is 52.8 Å². The van der Waals surface area contributed by atoms with E-state index >= 15 is 0 Å². The van der Waals surface area contributed by atoms with E-state index in [9.17, 15) is 22.4 Å². The van der Waals surface area contributed by atoms with Crippen molar-refractivity contribution in [3.05, 3.63) is 64.9 Å². The quantitative estimate of drug-likeness (QED) is 0.628. The molecule has 35 heavy (non-hydrogen) atoms. The molecule has 8 nitrogen and oxygen atoms in total. The summed E-state index contributed by atoms with van der Waals surface area (Å²) in [6, 6.07) is 10.3. The number of nitrogens with zero attached hydrogens (tertiary/aromatic N) is 2. The molecule has 1 atom stereocenters. The van der Waals surface area contributed by atoms with Gasteiger partial charge in [0.1, 0.15) is 11.9 Å². The first-order valence-corrected chi connectivity index (χ1v) is 13.3.